The Hall–Kier alpha value is -2.04. The Bertz CT molecular complexity index is 695. The van der Waals surface area contributed by atoms with Crippen molar-refractivity contribution in [1.82, 2.24) is 4.90 Å². The molecule has 1 aliphatic heterocycles. The summed E-state index contributed by atoms with van der Waals surface area (Å²) < 4.78 is 5.87. The highest BCUT2D eigenvalue weighted by Crippen LogP contribution is 2.25. The van der Waals surface area contributed by atoms with Gasteiger partial charge in [-0.25, -0.2) is 0 Å². The summed E-state index contributed by atoms with van der Waals surface area (Å²) in [6, 6.07) is 15.4. The first kappa shape index (κ1) is 16.8. The molecular formula is C19H21ClN2O2. The van der Waals surface area contributed by atoms with E-state index in [9.17, 15) is 4.79 Å². The molecular weight excluding hydrogens is 324 g/mol. The SMILES string of the molecule is NC(=O)C1CCN(Cc2cccc(Oc3ccc(Cl)cc3)c2)CC1. The summed E-state index contributed by atoms with van der Waals surface area (Å²) in [4.78, 5) is 13.6. The van der Waals surface area contributed by atoms with Crippen LogP contribution >= 0.6 is 11.6 Å². The van der Waals surface area contributed by atoms with Gasteiger partial charge in [-0.2, -0.15) is 0 Å². The van der Waals surface area contributed by atoms with Crippen molar-refractivity contribution in [1.29, 1.82) is 0 Å². The molecule has 0 bridgehead atoms. The minimum atomic E-state index is -0.173. The number of carbonyl (C=O) groups excluding carboxylic acids is 1. The van der Waals surface area contributed by atoms with Crippen LogP contribution in [0.4, 0.5) is 0 Å². The normalized spacial score (nSPS) is 16.0. The van der Waals surface area contributed by atoms with Crippen molar-refractivity contribution in [2.24, 2.45) is 11.7 Å². The number of carbonyl (C=O) groups is 1. The predicted octanol–water partition coefficient (Wildman–Crippen LogP) is 3.83. The van der Waals surface area contributed by atoms with E-state index >= 15 is 0 Å². The van der Waals surface area contributed by atoms with E-state index in [1.807, 2.05) is 36.4 Å². The average Bonchev–Trinajstić information content (AvgIpc) is 2.58. The Balaban J connectivity index is 1.59. The van der Waals surface area contributed by atoms with Crippen LogP contribution < -0.4 is 10.5 Å². The molecule has 1 saturated heterocycles. The number of piperidine rings is 1. The Morgan fingerprint density at radius 1 is 1.12 bits per heavy atom. The maximum absolute atomic E-state index is 11.2. The minimum absolute atomic E-state index is 0.0285. The van der Waals surface area contributed by atoms with Crippen LogP contribution in [0.3, 0.4) is 0 Å². The Morgan fingerprint density at radius 3 is 2.50 bits per heavy atom. The molecule has 0 aliphatic carbocycles. The van der Waals surface area contributed by atoms with Gasteiger partial charge in [0.25, 0.3) is 0 Å². The highest BCUT2D eigenvalue weighted by Gasteiger charge is 2.22. The molecule has 2 N–H and O–H groups in total. The summed E-state index contributed by atoms with van der Waals surface area (Å²) >= 11 is 5.89. The fraction of sp³-hybridized carbons (Fsp3) is 0.316. The summed E-state index contributed by atoms with van der Waals surface area (Å²) in [5.74, 6) is 1.43. The Morgan fingerprint density at radius 2 is 1.83 bits per heavy atom. The molecule has 0 atom stereocenters. The first-order valence-corrected chi connectivity index (χ1v) is 8.52. The van der Waals surface area contributed by atoms with Crippen molar-refractivity contribution in [2.45, 2.75) is 19.4 Å². The summed E-state index contributed by atoms with van der Waals surface area (Å²) in [5.41, 5.74) is 6.58. The van der Waals surface area contributed by atoms with Crippen LogP contribution in [0.25, 0.3) is 0 Å². The quantitative estimate of drug-likeness (QED) is 0.896. The number of benzene rings is 2. The molecule has 4 nitrogen and oxygen atoms in total. The average molecular weight is 345 g/mol. The second-order valence-corrected chi connectivity index (χ2v) is 6.59. The van der Waals surface area contributed by atoms with E-state index in [1.165, 1.54) is 5.56 Å². The number of ether oxygens (including phenoxy) is 1. The van der Waals surface area contributed by atoms with Crippen LogP contribution in [0.5, 0.6) is 11.5 Å². The van der Waals surface area contributed by atoms with Crippen LogP contribution in [-0.2, 0) is 11.3 Å². The Kier molecular flexibility index (Phi) is 5.38. The molecule has 0 radical (unpaired) electrons. The molecule has 0 saturated carbocycles. The van der Waals surface area contributed by atoms with E-state index in [0.29, 0.717) is 5.02 Å². The lowest BCUT2D eigenvalue weighted by Gasteiger charge is -2.30. The first-order valence-electron chi connectivity index (χ1n) is 8.14. The van der Waals surface area contributed by atoms with Gasteiger partial charge in [0.05, 0.1) is 0 Å². The van der Waals surface area contributed by atoms with Crippen molar-refractivity contribution in [3.8, 4) is 11.5 Å². The largest absolute Gasteiger partial charge is 0.457 e. The maximum Gasteiger partial charge on any atom is 0.220 e. The smallest absolute Gasteiger partial charge is 0.220 e. The van der Waals surface area contributed by atoms with E-state index < -0.39 is 0 Å². The third-order valence-corrected chi connectivity index (χ3v) is 4.60. The van der Waals surface area contributed by atoms with Gasteiger partial charge in [-0.15, -0.1) is 0 Å². The van der Waals surface area contributed by atoms with E-state index in [4.69, 9.17) is 22.1 Å². The number of hydrogen-bond acceptors (Lipinski definition) is 3. The molecule has 0 spiro atoms. The van der Waals surface area contributed by atoms with E-state index in [1.54, 1.807) is 0 Å². The maximum atomic E-state index is 11.2. The topological polar surface area (TPSA) is 55.6 Å². The standard InChI is InChI=1S/C19H21ClN2O2/c20-16-4-6-17(7-5-16)24-18-3-1-2-14(12-18)13-22-10-8-15(9-11-22)19(21)23/h1-7,12,15H,8-11,13H2,(H2,21,23). The van der Waals surface area contributed by atoms with Gasteiger partial charge in [0.15, 0.2) is 0 Å². The zero-order valence-corrected chi connectivity index (χ0v) is 14.2. The van der Waals surface area contributed by atoms with Gasteiger partial charge >= 0.3 is 0 Å². The van der Waals surface area contributed by atoms with Crippen LogP contribution in [0.15, 0.2) is 48.5 Å². The molecule has 2 aromatic carbocycles. The monoisotopic (exact) mass is 344 g/mol. The van der Waals surface area contributed by atoms with Crippen LogP contribution in [0.1, 0.15) is 18.4 Å². The molecule has 24 heavy (non-hydrogen) atoms. The lowest BCUT2D eigenvalue weighted by molar-refractivity contribution is -0.123. The lowest BCUT2D eigenvalue weighted by Crippen LogP contribution is -2.38. The van der Waals surface area contributed by atoms with Crippen molar-refractivity contribution in [2.75, 3.05) is 13.1 Å². The molecule has 0 unspecified atom stereocenters. The second-order valence-electron chi connectivity index (χ2n) is 6.16. The molecule has 1 heterocycles. The van der Waals surface area contributed by atoms with Crippen LogP contribution in [0, 0.1) is 5.92 Å². The number of halogens is 1. The third kappa shape index (κ3) is 4.49. The molecule has 5 heteroatoms. The fourth-order valence-electron chi connectivity index (χ4n) is 2.98. The van der Waals surface area contributed by atoms with Crippen molar-refractivity contribution < 1.29 is 9.53 Å². The minimum Gasteiger partial charge on any atom is -0.457 e. The van der Waals surface area contributed by atoms with E-state index in [-0.39, 0.29) is 11.8 Å². The molecule has 1 amide bonds. The number of amides is 1. The third-order valence-electron chi connectivity index (χ3n) is 4.34. The van der Waals surface area contributed by atoms with Gasteiger partial charge in [-0.3, -0.25) is 9.69 Å². The molecule has 1 fully saturated rings. The zero-order valence-electron chi connectivity index (χ0n) is 13.5. The van der Waals surface area contributed by atoms with Crippen molar-refractivity contribution in [3.05, 3.63) is 59.1 Å². The predicted molar refractivity (Wildman–Crippen MR) is 95.2 cm³/mol. The molecule has 126 valence electrons. The summed E-state index contributed by atoms with van der Waals surface area (Å²) in [6.07, 6.45) is 1.69. The number of hydrogen-bond donors (Lipinski definition) is 1. The number of likely N-dealkylation sites (tertiary alicyclic amines) is 1. The zero-order chi connectivity index (χ0) is 16.9. The van der Waals surface area contributed by atoms with Gasteiger partial charge in [0.1, 0.15) is 11.5 Å². The number of nitrogens with two attached hydrogens (primary N) is 1. The van der Waals surface area contributed by atoms with E-state index in [2.05, 4.69) is 17.0 Å². The highest BCUT2D eigenvalue weighted by molar-refractivity contribution is 6.30. The fourth-order valence-corrected chi connectivity index (χ4v) is 3.11. The molecule has 2 aromatic rings. The van der Waals surface area contributed by atoms with Crippen molar-refractivity contribution in [3.63, 3.8) is 0 Å². The summed E-state index contributed by atoms with van der Waals surface area (Å²) in [6.45, 7) is 2.65. The summed E-state index contributed by atoms with van der Waals surface area (Å²) in [7, 11) is 0. The second kappa shape index (κ2) is 7.69. The van der Waals surface area contributed by atoms with Gasteiger partial charge in [-0.1, -0.05) is 23.7 Å². The van der Waals surface area contributed by atoms with Gasteiger partial charge in [0.2, 0.25) is 5.91 Å². The van der Waals surface area contributed by atoms with Gasteiger partial charge in [0, 0.05) is 17.5 Å². The number of rotatable bonds is 5. The first-order chi connectivity index (χ1) is 11.6. The molecule has 1 aliphatic rings. The van der Waals surface area contributed by atoms with Crippen LogP contribution in [-0.4, -0.2) is 23.9 Å². The number of primary amides is 1. The lowest BCUT2D eigenvalue weighted by atomic mass is 9.96. The highest BCUT2D eigenvalue weighted by atomic mass is 35.5. The molecule has 3 rings (SSSR count). The molecule has 0 aromatic heterocycles. The summed E-state index contributed by atoms with van der Waals surface area (Å²) in [5, 5.41) is 0.690. The van der Waals surface area contributed by atoms with Gasteiger partial charge in [-0.05, 0) is 67.9 Å². The van der Waals surface area contributed by atoms with E-state index in [0.717, 1.165) is 44.0 Å². The number of nitrogens with zero attached hydrogens (tertiary/aromatic N) is 1. The Labute approximate surface area is 147 Å². The van der Waals surface area contributed by atoms with Gasteiger partial charge < -0.3 is 10.5 Å². The van der Waals surface area contributed by atoms with Crippen molar-refractivity contribution >= 4 is 17.5 Å². The van der Waals surface area contributed by atoms with Crippen LogP contribution in [0.2, 0.25) is 5.02 Å².